The van der Waals surface area contributed by atoms with Gasteiger partial charge in [-0.15, -0.1) is 0 Å². The van der Waals surface area contributed by atoms with Crippen LogP contribution in [0.5, 0.6) is 17.2 Å². The van der Waals surface area contributed by atoms with Crippen LogP contribution < -0.4 is 9.47 Å². The van der Waals surface area contributed by atoms with Crippen molar-refractivity contribution in [1.29, 1.82) is 0 Å². The minimum absolute atomic E-state index is 0.565. The normalized spacial score (nSPS) is 9.83. The van der Waals surface area contributed by atoms with E-state index in [-0.39, 0.29) is 0 Å². The van der Waals surface area contributed by atoms with Crippen LogP contribution in [0.4, 0.5) is 0 Å². The third-order valence-electron chi connectivity index (χ3n) is 2.88. The molecule has 0 saturated carbocycles. The average molecular weight is 322 g/mol. The summed E-state index contributed by atoms with van der Waals surface area (Å²) in [5.74, 6) is 2.86. The van der Waals surface area contributed by atoms with Gasteiger partial charge < -0.3 is 9.47 Å². The average Bonchev–Trinajstić information content (AvgIpc) is 2.59. The largest absolute Gasteiger partial charge is 0.458 e. The van der Waals surface area contributed by atoms with Gasteiger partial charge in [-0.2, -0.15) is 0 Å². The highest BCUT2D eigenvalue weighted by Crippen LogP contribution is 2.24. The predicted molar refractivity (Wildman–Crippen MR) is 103 cm³/mol. The number of ether oxygens (including phenoxy) is 2. The Bertz CT molecular complexity index is 677. The lowest BCUT2D eigenvalue weighted by Crippen LogP contribution is -1.90. The number of rotatable bonds is 6. The molecule has 0 bridgehead atoms. The smallest absolute Gasteiger partial charge is 0.127 e. The monoisotopic (exact) mass is 322 g/mol. The standard InChI is InChI=1S/C20H20O2.C2H6/c1-15(2)5-8-17(4)21-18-11-13-20(14-12-18)22-19-9-6-16(3)7-10-19;1-2/h5-14H,1,4H2,2-3H3;1-2H3/b8-5-;. The van der Waals surface area contributed by atoms with E-state index in [2.05, 4.69) is 13.2 Å². The topological polar surface area (TPSA) is 18.5 Å². The second kappa shape index (κ2) is 10.1. The van der Waals surface area contributed by atoms with E-state index in [0.29, 0.717) is 11.5 Å². The number of aryl methyl sites for hydroxylation is 1. The Morgan fingerprint density at radius 1 is 0.792 bits per heavy atom. The van der Waals surface area contributed by atoms with Gasteiger partial charge in [0.05, 0.1) is 0 Å². The maximum absolute atomic E-state index is 5.77. The number of hydrogen-bond donors (Lipinski definition) is 0. The molecule has 2 aromatic carbocycles. The van der Waals surface area contributed by atoms with Gasteiger partial charge in [-0.05, 0) is 56.3 Å². The lowest BCUT2D eigenvalue weighted by Gasteiger charge is -2.08. The first kappa shape index (κ1) is 19.3. The molecule has 2 nitrogen and oxygen atoms in total. The zero-order chi connectivity index (χ0) is 17.9. The fourth-order valence-electron chi connectivity index (χ4n) is 1.74. The Morgan fingerprint density at radius 2 is 1.25 bits per heavy atom. The third kappa shape index (κ3) is 7.01. The van der Waals surface area contributed by atoms with E-state index in [1.54, 1.807) is 6.08 Å². The van der Waals surface area contributed by atoms with E-state index in [9.17, 15) is 0 Å². The lowest BCUT2D eigenvalue weighted by molar-refractivity contribution is 0.443. The summed E-state index contributed by atoms with van der Waals surface area (Å²) in [5, 5.41) is 0. The minimum atomic E-state index is 0.565. The Kier molecular flexibility index (Phi) is 8.14. The summed E-state index contributed by atoms with van der Waals surface area (Å²) in [6, 6.07) is 15.4. The van der Waals surface area contributed by atoms with Gasteiger partial charge in [0, 0.05) is 0 Å². The molecule has 0 aromatic heterocycles. The van der Waals surface area contributed by atoms with Crippen LogP contribution in [0.1, 0.15) is 26.3 Å². The van der Waals surface area contributed by atoms with Crippen LogP contribution in [0.15, 0.2) is 85.2 Å². The van der Waals surface area contributed by atoms with Crippen molar-refractivity contribution in [2.24, 2.45) is 0 Å². The summed E-state index contributed by atoms with van der Waals surface area (Å²) in [7, 11) is 0. The second-order valence-corrected chi connectivity index (χ2v) is 5.13. The number of benzene rings is 2. The molecule has 0 spiro atoms. The van der Waals surface area contributed by atoms with Crippen LogP contribution >= 0.6 is 0 Å². The number of hydrogen-bond acceptors (Lipinski definition) is 2. The van der Waals surface area contributed by atoms with Gasteiger partial charge in [0.1, 0.15) is 23.0 Å². The molecule has 0 fully saturated rings. The molecule has 0 radical (unpaired) electrons. The molecular formula is C22H26O2. The molecule has 0 aliphatic heterocycles. The molecule has 0 saturated heterocycles. The molecule has 0 heterocycles. The van der Waals surface area contributed by atoms with Gasteiger partial charge in [-0.3, -0.25) is 0 Å². The Hall–Kier alpha value is -2.74. The summed E-state index contributed by atoms with van der Waals surface area (Å²) in [6.45, 7) is 15.6. The summed E-state index contributed by atoms with van der Waals surface area (Å²) < 4.78 is 11.4. The first-order chi connectivity index (χ1) is 11.5. The maximum atomic E-state index is 5.77. The molecule has 2 rings (SSSR count). The summed E-state index contributed by atoms with van der Waals surface area (Å²) >= 11 is 0. The predicted octanol–water partition coefficient (Wildman–Crippen LogP) is 6.84. The summed E-state index contributed by atoms with van der Waals surface area (Å²) in [4.78, 5) is 0. The lowest BCUT2D eigenvalue weighted by atomic mass is 10.2. The van der Waals surface area contributed by atoms with Crippen LogP contribution in [0.3, 0.4) is 0 Å². The second-order valence-electron chi connectivity index (χ2n) is 5.13. The first-order valence-electron chi connectivity index (χ1n) is 8.08. The van der Waals surface area contributed by atoms with Crippen molar-refractivity contribution in [1.82, 2.24) is 0 Å². The minimum Gasteiger partial charge on any atom is -0.458 e. The van der Waals surface area contributed by atoms with Crippen LogP contribution in [0.2, 0.25) is 0 Å². The van der Waals surface area contributed by atoms with Gasteiger partial charge in [0.25, 0.3) is 0 Å². The highest BCUT2D eigenvalue weighted by atomic mass is 16.5. The quantitative estimate of drug-likeness (QED) is 0.428. The fraction of sp³-hybridized carbons (Fsp3) is 0.182. The van der Waals surface area contributed by atoms with Crippen molar-refractivity contribution in [3.8, 4) is 17.2 Å². The molecule has 126 valence electrons. The molecule has 2 aromatic rings. The maximum Gasteiger partial charge on any atom is 0.127 e. The Morgan fingerprint density at radius 3 is 1.75 bits per heavy atom. The van der Waals surface area contributed by atoms with Crippen molar-refractivity contribution in [3.05, 3.63) is 90.7 Å². The Labute approximate surface area is 145 Å². The van der Waals surface area contributed by atoms with E-state index >= 15 is 0 Å². The first-order valence-corrected chi connectivity index (χ1v) is 8.08. The van der Waals surface area contributed by atoms with Crippen molar-refractivity contribution < 1.29 is 9.47 Å². The van der Waals surface area contributed by atoms with Crippen molar-refractivity contribution in [2.75, 3.05) is 0 Å². The zero-order valence-electron chi connectivity index (χ0n) is 15.0. The van der Waals surface area contributed by atoms with Gasteiger partial charge >= 0.3 is 0 Å². The van der Waals surface area contributed by atoms with E-state index in [1.165, 1.54) is 5.56 Å². The third-order valence-corrected chi connectivity index (χ3v) is 2.88. The molecule has 0 unspecified atom stereocenters. The van der Waals surface area contributed by atoms with Crippen LogP contribution in [0, 0.1) is 6.92 Å². The molecule has 2 heteroatoms. The fourth-order valence-corrected chi connectivity index (χ4v) is 1.74. The molecule has 0 N–H and O–H groups in total. The SMILES string of the molecule is C=C(C)/C=C\C(=C)Oc1ccc(Oc2ccc(C)cc2)cc1.CC. The zero-order valence-corrected chi connectivity index (χ0v) is 15.0. The summed E-state index contributed by atoms with van der Waals surface area (Å²) in [5.41, 5.74) is 2.16. The van der Waals surface area contributed by atoms with Gasteiger partial charge in [0.2, 0.25) is 0 Å². The molecule has 24 heavy (non-hydrogen) atoms. The van der Waals surface area contributed by atoms with Gasteiger partial charge in [0.15, 0.2) is 0 Å². The van der Waals surface area contributed by atoms with Crippen molar-refractivity contribution in [2.45, 2.75) is 27.7 Å². The van der Waals surface area contributed by atoms with Gasteiger partial charge in [-0.1, -0.05) is 56.4 Å². The van der Waals surface area contributed by atoms with Crippen molar-refractivity contribution >= 4 is 0 Å². The number of allylic oxidation sites excluding steroid dienone is 3. The van der Waals surface area contributed by atoms with E-state index in [0.717, 1.165) is 17.1 Å². The molecular weight excluding hydrogens is 296 g/mol. The molecule has 0 amide bonds. The molecule has 0 atom stereocenters. The van der Waals surface area contributed by atoms with Crippen LogP contribution in [-0.4, -0.2) is 0 Å². The van der Waals surface area contributed by atoms with Crippen LogP contribution in [-0.2, 0) is 0 Å². The molecule has 0 aliphatic carbocycles. The van der Waals surface area contributed by atoms with Crippen LogP contribution in [0.25, 0.3) is 0 Å². The Balaban J connectivity index is 0.00000139. The van der Waals surface area contributed by atoms with Gasteiger partial charge in [-0.25, -0.2) is 0 Å². The molecule has 0 aliphatic rings. The van der Waals surface area contributed by atoms with Crippen molar-refractivity contribution in [3.63, 3.8) is 0 Å². The highest BCUT2D eigenvalue weighted by molar-refractivity contribution is 5.37. The van der Waals surface area contributed by atoms with E-state index in [1.807, 2.05) is 82.3 Å². The van der Waals surface area contributed by atoms with E-state index in [4.69, 9.17) is 9.47 Å². The highest BCUT2D eigenvalue weighted by Gasteiger charge is 1.99. The van der Waals surface area contributed by atoms with E-state index < -0.39 is 0 Å². The summed E-state index contributed by atoms with van der Waals surface area (Å²) in [6.07, 6.45) is 3.65.